The van der Waals surface area contributed by atoms with Crippen LogP contribution in [0.5, 0.6) is 0 Å². The van der Waals surface area contributed by atoms with E-state index in [1.807, 2.05) is 13.0 Å². The Morgan fingerprint density at radius 2 is 1.89 bits per heavy atom. The molecule has 0 bridgehead atoms. The summed E-state index contributed by atoms with van der Waals surface area (Å²) < 4.78 is 0. The van der Waals surface area contributed by atoms with E-state index in [0.717, 1.165) is 24.8 Å². The van der Waals surface area contributed by atoms with Crippen molar-refractivity contribution in [2.45, 2.75) is 38.3 Å². The summed E-state index contributed by atoms with van der Waals surface area (Å²) >= 11 is 0. The Labute approximate surface area is 106 Å². The van der Waals surface area contributed by atoms with E-state index in [1.165, 1.54) is 4.90 Å². The summed E-state index contributed by atoms with van der Waals surface area (Å²) in [4.78, 5) is 26.0. The minimum absolute atomic E-state index is 0.0756. The van der Waals surface area contributed by atoms with E-state index < -0.39 is 0 Å². The zero-order chi connectivity index (χ0) is 12.9. The second-order valence-electron chi connectivity index (χ2n) is 5.19. The number of nitrogens with two attached hydrogens (primary N) is 1. The van der Waals surface area contributed by atoms with Crippen LogP contribution in [0.15, 0.2) is 18.2 Å². The molecule has 2 atom stereocenters. The van der Waals surface area contributed by atoms with Gasteiger partial charge >= 0.3 is 0 Å². The van der Waals surface area contributed by atoms with Gasteiger partial charge in [-0.05, 0) is 38.3 Å². The predicted molar refractivity (Wildman–Crippen MR) is 67.3 cm³/mol. The van der Waals surface area contributed by atoms with Gasteiger partial charge in [0.25, 0.3) is 11.8 Å². The van der Waals surface area contributed by atoms with Crippen LogP contribution in [0.4, 0.5) is 0 Å². The second-order valence-corrected chi connectivity index (χ2v) is 5.19. The Bertz CT molecular complexity index is 539. The normalized spacial score (nSPS) is 26.9. The lowest BCUT2D eigenvalue weighted by Crippen LogP contribution is -2.47. The number of imide groups is 1. The van der Waals surface area contributed by atoms with Crippen LogP contribution in [0.1, 0.15) is 45.5 Å². The quantitative estimate of drug-likeness (QED) is 0.761. The third kappa shape index (κ3) is 1.49. The van der Waals surface area contributed by atoms with Gasteiger partial charge in [-0.15, -0.1) is 0 Å². The van der Waals surface area contributed by atoms with Crippen molar-refractivity contribution in [3.63, 3.8) is 0 Å². The Morgan fingerprint density at radius 1 is 1.17 bits per heavy atom. The number of nitrogens with zero attached hydrogens (tertiary/aromatic N) is 1. The average Bonchev–Trinajstić information content (AvgIpc) is 2.84. The van der Waals surface area contributed by atoms with Crippen LogP contribution in [-0.4, -0.2) is 28.8 Å². The molecule has 1 aliphatic carbocycles. The molecule has 2 unspecified atom stereocenters. The molecule has 1 aromatic carbocycles. The van der Waals surface area contributed by atoms with Crippen molar-refractivity contribution in [2.75, 3.05) is 0 Å². The molecular weight excluding hydrogens is 228 g/mol. The summed E-state index contributed by atoms with van der Waals surface area (Å²) in [5.41, 5.74) is 8.04. The SMILES string of the molecule is Cc1ccc2c(c1)C(=O)N(C1CCCC1N)C2=O. The van der Waals surface area contributed by atoms with Gasteiger partial charge < -0.3 is 5.73 Å². The maximum absolute atomic E-state index is 12.3. The maximum Gasteiger partial charge on any atom is 0.261 e. The van der Waals surface area contributed by atoms with Gasteiger partial charge in [0.05, 0.1) is 17.2 Å². The second kappa shape index (κ2) is 3.92. The first-order chi connectivity index (χ1) is 8.59. The molecule has 1 aromatic rings. The van der Waals surface area contributed by atoms with Gasteiger partial charge in [0.1, 0.15) is 0 Å². The Balaban J connectivity index is 2.01. The van der Waals surface area contributed by atoms with E-state index >= 15 is 0 Å². The van der Waals surface area contributed by atoms with Crippen molar-refractivity contribution >= 4 is 11.8 Å². The van der Waals surface area contributed by atoms with Gasteiger partial charge in [0, 0.05) is 6.04 Å². The fraction of sp³-hybridized carbons (Fsp3) is 0.429. The lowest BCUT2D eigenvalue weighted by molar-refractivity contribution is 0.0575. The lowest BCUT2D eigenvalue weighted by Gasteiger charge is -2.25. The van der Waals surface area contributed by atoms with Crippen LogP contribution < -0.4 is 5.73 Å². The third-order valence-electron chi connectivity index (χ3n) is 3.94. The van der Waals surface area contributed by atoms with E-state index in [9.17, 15) is 9.59 Å². The monoisotopic (exact) mass is 244 g/mol. The fourth-order valence-electron chi connectivity index (χ4n) is 2.96. The maximum atomic E-state index is 12.3. The average molecular weight is 244 g/mol. The number of carbonyl (C=O) groups excluding carboxylic acids is 2. The number of rotatable bonds is 1. The van der Waals surface area contributed by atoms with Crippen molar-refractivity contribution in [2.24, 2.45) is 5.73 Å². The molecule has 2 aliphatic rings. The highest BCUT2D eigenvalue weighted by Gasteiger charge is 2.43. The summed E-state index contributed by atoms with van der Waals surface area (Å²) in [6.07, 6.45) is 2.70. The van der Waals surface area contributed by atoms with Gasteiger partial charge in [0.15, 0.2) is 0 Å². The van der Waals surface area contributed by atoms with Crippen LogP contribution in [0.25, 0.3) is 0 Å². The zero-order valence-electron chi connectivity index (χ0n) is 10.3. The number of hydrogen-bond donors (Lipinski definition) is 1. The molecule has 0 saturated heterocycles. The number of benzene rings is 1. The summed E-state index contributed by atoms with van der Waals surface area (Å²) in [5, 5.41) is 0. The standard InChI is InChI=1S/C14H16N2O2/c1-8-5-6-9-10(7-8)14(18)16(13(9)17)12-4-2-3-11(12)15/h5-7,11-12H,2-4,15H2,1H3. The first-order valence-electron chi connectivity index (χ1n) is 6.33. The topological polar surface area (TPSA) is 63.4 Å². The molecule has 4 nitrogen and oxygen atoms in total. The molecule has 0 aromatic heterocycles. The van der Waals surface area contributed by atoms with Crippen LogP contribution in [0, 0.1) is 6.92 Å². The van der Waals surface area contributed by atoms with Crippen molar-refractivity contribution in [1.29, 1.82) is 0 Å². The molecule has 4 heteroatoms. The molecule has 0 spiro atoms. The van der Waals surface area contributed by atoms with Crippen molar-refractivity contribution in [3.8, 4) is 0 Å². The molecule has 1 saturated carbocycles. The number of amides is 2. The largest absolute Gasteiger partial charge is 0.326 e. The van der Waals surface area contributed by atoms with E-state index in [-0.39, 0.29) is 23.9 Å². The van der Waals surface area contributed by atoms with Gasteiger partial charge in [-0.3, -0.25) is 14.5 Å². The van der Waals surface area contributed by atoms with Crippen LogP contribution in [0.2, 0.25) is 0 Å². The van der Waals surface area contributed by atoms with Crippen molar-refractivity contribution in [1.82, 2.24) is 4.90 Å². The Kier molecular flexibility index (Phi) is 2.48. The molecule has 1 heterocycles. The molecule has 18 heavy (non-hydrogen) atoms. The van der Waals surface area contributed by atoms with Gasteiger partial charge in [0.2, 0.25) is 0 Å². The highest BCUT2D eigenvalue weighted by atomic mass is 16.2. The summed E-state index contributed by atoms with van der Waals surface area (Å²) in [7, 11) is 0. The first kappa shape index (κ1) is 11.4. The molecule has 1 aliphatic heterocycles. The van der Waals surface area contributed by atoms with Gasteiger partial charge in [-0.25, -0.2) is 0 Å². The number of aryl methyl sites for hydroxylation is 1. The van der Waals surface area contributed by atoms with Gasteiger partial charge in [-0.1, -0.05) is 11.6 Å². The molecule has 2 amide bonds. The lowest BCUT2D eigenvalue weighted by atomic mass is 10.1. The van der Waals surface area contributed by atoms with E-state index in [0.29, 0.717) is 11.1 Å². The highest BCUT2D eigenvalue weighted by molar-refractivity contribution is 6.21. The first-order valence-corrected chi connectivity index (χ1v) is 6.33. The van der Waals surface area contributed by atoms with Crippen LogP contribution >= 0.6 is 0 Å². The highest BCUT2D eigenvalue weighted by Crippen LogP contribution is 2.31. The molecular formula is C14H16N2O2. The molecule has 1 fully saturated rings. The summed E-state index contributed by atoms with van der Waals surface area (Å²) in [6, 6.07) is 5.19. The van der Waals surface area contributed by atoms with Crippen LogP contribution in [-0.2, 0) is 0 Å². The van der Waals surface area contributed by atoms with Crippen molar-refractivity contribution in [3.05, 3.63) is 34.9 Å². The minimum Gasteiger partial charge on any atom is -0.326 e. The predicted octanol–water partition coefficient (Wildman–Crippen LogP) is 1.47. The minimum atomic E-state index is -0.183. The summed E-state index contributed by atoms with van der Waals surface area (Å²) in [5.74, 6) is -0.363. The van der Waals surface area contributed by atoms with Gasteiger partial charge in [-0.2, -0.15) is 0 Å². The van der Waals surface area contributed by atoms with E-state index in [2.05, 4.69) is 0 Å². The molecule has 3 rings (SSSR count). The molecule has 0 radical (unpaired) electrons. The van der Waals surface area contributed by atoms with Crippen LogP contribution in [0.3, 0.4) is 0 Å². The Hall–Kier alpha value is -1.68. The molecule has 94 valence electrons. The van der Waals surface area contributed by atoms with Crippen molar-refractivity contribution < 1.29 is 9.59 Å². The number of carbonyl (C=O) groups is 2. The Morgan fingerprint density at radius 3 is 2.56 bits per heavy atom. The third-order valence-corrected chi connectivity index (χ3v) is 3.94. The molecule has 2 N–H and O–H groups in total. The van der Waals surface area contributed by atoms with E-state index in [1.54, 1.807) is 12.1 Å². The van der Waals surface area contributed by atoms with E-state index in [4.69, 9.17) is 5.73 Å². The number of fused-ring (bicyclic) bond motifs is 1. The number of hydrogen-bond acceptors (Lipinski definition) is 3. The summed E-state index contributed by atoms with van der Waals surface area (Å²) in [6.45, 7) is 1.92. The smallest absolute Gasteiger partial charge is 0.261 e. The zero-order valence-corrected chi connectivity index (χ0v) is 10.3. The fourth-order valence-corrected chi connectivity index (χ4v) is 2.96.